The lowest BCUT2D eigenvalue weighted by Gasteiger charge is -2.36. The number of benzene rings is 1. The van der Waals surface area contributed by atoms with Crippen LogP contribution in [0.2, 0.25) is 0 Å². The summed E-state index contributed by atoms with van der Waals surface area (Å²) in [6, 6.07) is 9.56. The molecule has 2 amide bonds. The molecule has 0 spiro atoms. The van der Waals surface area contributed by atoms with E-state index in [2.05, 4.69) is 15.5 Å². The summed E-state index contributed by atoms with van der Waals surface area (Å²) >= 11 is 0. The average molecular weight is 324 g/mol. The number of carbonyl (C=O) groups excluding carboxylic acids is 2. The van der Waals surface area contributed by atoms with E-state index in [4.69, 9.17) is 0 Å². The van der Waals surface area contributed by atoms with Gasteiger partial charge in [0.1, 0.15) is 0 Å². The topological polar surface area (TPSA) is 78.1 Å². The lowest BCUT2D eigenvalue weighted by Crippen LogP contribution is -2.43. The van der Waals surface area contributed by atoms with Crippen LogP contribution in [0.4, 0.5) is 5.69 Å². The molecule has 2 aliphatic heterocycles. The molecule has 24 heavy (non-hydrogen) atoms. The van der Waals surface area contributed by atoms with Crippen molar-refractivity contribution in [3.05, 3.63) is 47.8 Å². The van der Waals surface area contributed by atoms with Gasteiger partial charge in [-0.2, -0.15) is 5.10 Å². The minimum Gasteiger partial charge on any atom is -0.341 e. The van der Waals surface area contributed by atoms with E-state index in [0.29, 0.717) is 6.54 Å². The molecule has 4 rings (SSSR count). The molecule has 2 N–H and O–H groups in total. The number of carbonyl (C=O) groups is 2. The maximum atomic E-state index is 13.1. The molecule has 2 atom stereocenters. The molecule has 0 radical (unpaired) electrons. The molecule has 2 aliphatic rings. The van der Waals surface area contributed by atoms with E-state index in [-0.39, 0.29) is 30.1 Å². The Bertz CT molecular complexity index is 756. The van der Waals surface area contributed by atoms with Crippen molar-refractivity contribution in [1.29, 1.82) is 0 Å². The van der Waals surface area contributed by atoms with Gasteiger partial charge in [0.15, 0.2) is 0 Å². The Balaban J connectivity index is 1.56. The summed E-state index contributed by atoms with van der Waals surface area (Å²) in [6.45, 7) is 1.44. The van der Waals surface area contributed by atoms with Crippen LogP contribution in [0.3, 0.4) is 0 Å². The first kappa shape index (κ1) is 14.9. The summed E-state index contributed by atoms with van der Waals surface area (Å²) < 4.78 is 0. The highest BCUT2D eigenvalue weighted by atomic mass is 16.2. The van der Waals surface area contributed by atoms with Crippen LogP contribution in [0, 0.1) is 0 Å². The Labute approximate surface area is 140 Å². The van der Waals surface area contributed by atoms with E-state index >= 15 is 0 Å². The standard InChI is InChI=1S/C18H20N4O2/c23-17-10-14(13-5-1-2-6-16(13)20-17)18(24)22-9-3-4-12(11-22)15-7-8-19-21-15/h1-2,5-8,12,14H,3-4,9-11H2,(H,19,21)(H,20,23)/t12-,14+/m0/s1. The molecule has 6 nitrogen and oxygen atoms in total. The van der Waals surface area contributed by atoms with Crippen molar-refractivity contribution in [1.82, 2.24) is 15.1 Å². The minimum absolute atomic E-state index is 0.0570. The Hall–Kier alpha value is -2.63. The Morgan fingerprint density at radius 1 is 1.25 bits per heavy atom. The highest BCUT2D eigenvalue weighted by Crippen LogP contribution is 2.35. The summed E-state index contributed by atoms with van der Waals surface area (Å²) in [5.74, 6) is -0.121. The smallest absolute Gasteiger partial charge is 0.230 e. The van der Waals surface area contributed by atoms with Gasteiger partial charge in [-0.3, -0.25) is 14.7 Å². The number of anilines is 1. The molecule has 1 aromatic carbocycles. The average Bonchev–Trinajstić information content (AvgIpc) is 3.15. The zero-order chi connectivity index (χ0) is 16.5. The van der Waals surface area contributed by atoms with Crippen LogP contribution in [0.25, 0.3) is 0 Å². The molecule has 1 fully saturated rings. The number of para-hydroxylation sites is 1. The number of likely N-dealkylation sites (tertiary alicyclic amines) is 1. The third-order valence-corrected chi connectivity index (χ3v) is 4.99. The predicted molar refractivity (Wildman–Crippen MR) is 89.6 cm³/mol. The van der Waals surface area contributed by atoms with Crippen LogP contribution in [0.15, 0.2) is 36.5 Å². The first-order valence-electron chi connectivity index (χ1n) is 8.39. The number of aromatic nitrogens is 2. The van der Waals surface area contributed by atoms with Crippen molar-refractivity contribution in [2.24, 2.45) is 0 Å². The zero-order valence-electron chi connectivity index (χ0n) is 13.4. The summed E-state index contributed by atoms with van der Waals surface area (Å²) in [5.41, 5.74) is 2.76. The van der Waals surface area contributed by atoms with Crippen LogP contribution in [0.1, 0.15) is 42.4 Å². The maximum Gasteiger partial charge on any atom is 0.230 e. The fourth-order valence-corrected chi connectivity index (χ4v) is 3.78. The fraction of sp³-hybridized carbons (Fsp3) is 0.389. The molecule has 6 heteroatoms. The van der Waals surface area contributed by atoms with Gasteiger partial charge in [-0.1, -0.05) is 18.2 Å². The number of H-pyrrole nitrogens is 1. The number of nitrogens with zero attached hydrogens (tertiary/aromatic N) is 2. The normalized spacial score (nSPS) is 23.5. The molecule has 0 bridgehead atoms. The molecule has 3 heterocycles. The molecule has 2 aromatic rings. The van der Waals surface area contributed by atoms with Gasteiger partial charge in [0.25, 0.3) is 0 Å². The highest BCUT2D eigenvalue weighted by molar-refractivity contribution is 6.01. The van der Waals surface area contributed by atoms with E-state index < -0.39 is 0 Å². The molecule has 1 saturated heterocycles. The van der Waals surface area contributed by atoms with Crippen molar-refractivity contribution in [2.75, 3.05) is 18.4 Å². The van der Waals surface area contributed by atoms with Gasteiger partial charge in [-0.25, -0.2) is 0 Å². The number of rotatable bonds is 2. The number of nitrogens with one attached hydrogen (secondary N) is 2. The van der Waals surface area contributed by atoms with Gasteiger partial charge >= 0.3 is 0 Å². The van der Waals surface area contributed by atoms with Gasteiger partial charge in [0, 0.05) is 43.0 Å². The summed E-state index contributed by atoms with van der Waals surface area (Å²) in [5, 5.41) is 9.89. The molecular weight excluding hydrogens is 304 g/mol. The second-order valence-corrected chi connectivity index (χ2v) is 6.53. The van der Waals surface area contributed by atoms with Crippen LogP contribution in [0.5, 0.6) is 0 Å². The van der Waals surface area contributed by atoms with E-state index in [9.17, 15) is 9.59 Å². The summed E-state index contributed by atoms with van der Waals surface area (Å²) in [6.07, 6.45) is 3.99. The number of fused-ring (bicyclic) bond motifs is 1. The van der Waals surface area contributed by atoms with Crippen molar-refractivity contribution < 1.29 is 9.59 Å². The van der Waals surface area contributed by atoms with Gasteiger partial charge in [-0.05, 0) is 30.5 Å². The number of piperidine rings is 1. The Morgan fingerprint density at radius 3 is 2.96 bits per heavy atom. The van der Waals surface area contributed by atoms with Gasteiger partial charge in [-0.15, -0.1) is 0 Å². The zero-order valence-corrected chi connectivity index (χ0v) is 13.4. The molecule has 0 aliphatic carbocycles. The lowest BCUT2D eigenvalue weighted by molar-refractivity contribution is -0.136. The number of amides is 2. The van der Waals surface area contributed by atoms with E-state index in [1.54, 1.807) is 6.20 Å². The van der Waals surface area contributed by atoms with Crippen molar-refractivity contribution in [3.8, 4) is 0 Å². The quantitative estimate of drug-likeness (QED) is 0.889. The van der Waals surface area contributed by atoms with Crippen LogP contribution >= 0.6 is 0 Å². The molecular formula is C18H20N4O2. The maximum absolute atomic E-state index is 13.1. The van der Waals surface area contributed by atoms with Crippen molar-refractivity contribution in [3.63, 3.8) is 0 Å². The van der Waals surface area contributed by atoms with E-state index in [1.807, 2.05) is 35.2 Å². The van der Waals surface area contributed by atoms with E-state index in [0.717, 1.165) is 36.3 Å². The molecule has 0 saturated carbocycles. The van der Waals surface area contributed by atoms with Crippen LogP contribution in [-0.4, -0.2) is 40.0 Å². The van der Waals surface area contributed by atoms with Crippen LogP contribution < -0.4 is 5.32 Å². The molecule has 0 unspecified atom stereocenters. The fourth-order valence-electron chi connectivity index (χ4n) is 3.78. The number of hydrogen-bond donors (Lipinski definition) is 2. The van der Waals surface area contributed by atoms with Gasteiger partial charge in [0.2, 0.25) is 11.8 Å². The van der Waals surface area contributed by atoms with Crippen molar-refractivity contribution in [2.45, 2.75) is 31.1 Å². The second kappa shape index (κ2) is 6.11. The van der Waals surface area contributed by atoms with Gasteiger partial charge < -0.3 is 10.2 Å². The third-order valence-electron chi connectivity index (χ3n) is 4.99. The largest absolute Gasteiger partial charge is 0.341 e. The number of aromatic amines is 1. The molecule has 1 aromatic heterocycles. The monoisotopic (exact) mass is 324 g/mol. The summed E-state index contributed by atoms with van der Waals surface area (Å²) in [7, 11) is 0. The van der Waals surface area contributed by atoms with Crippen LogP contribution in [-0.2, 0) is 9.59 Å². The first-order chi connectivity index (χ1) is 11.7. The molecule has 124 valence electrons. The third kappa shape index (κ3) is 2.68. The predicted octanol–water partition coefficient (Wildman–Crippen LogP) is 2.24. The van der Waals surface area contributed by atoms with E-state index in [1.165, 1.54) is 0 Å². The lowest BCUT2D eigenvalue weighted by atomic mass is 9.87. The Morgan fingerprint density at radius 2 is 2.12 bits per heavy atom. The SMILES string of the molecule is O=C1C[C@@H](C(=O)N2CCC[C@H](c3ccn[nH]3)C2)c2ccccc2N1. The summed E-state index contributed by atoms with van der Waals surface area (Å²) in [4.78, 5) is 27.0. The highest BCUT2D eigenvalue weighted by Gasteiger charge is 2.35. The van der Waals surface area contributed by atoms with Crippen molar-refractivity contribution >= 4 is 17.5 Å². The van der Waals surface area contributed by atoms with Gasteiger partial charge in [0.05, 0.1) is 5.92 Å². The first-order valence-corrected chi connectivity index (χ1v) is 8.39. The minimum atomic E-state index is -0.379. The Kier molecular flexibility index (Phi) is 3.80. The number of hydrogen-bond acceptors (Lipinski definition) is 3. The second-order valence-electron chi connectivity index (χ2n) is 6.53.